The second-order valence-corrected chi connectivity index (χ2v) is 4.01. The van der Waals surface area contributed by atoms with Crippen molar-refractivity contribution >= 4 is 5.91 Å². The normalized spacial score (nSPS) is 17.4. The molecule has 0 saturated heterocycles. The van der Waals surface area contributed by atoms with E-state index in [1.54, 1.807) is 6.92 Å². The predicted octanol–water partition coefficient (Wildman–Crippen LogP) is 0.802. The highest BCUT2D eigenvalue weighted by atomic mass is 19.4. The second kappa shape index (κ2) is 6.80. The van der Waals surface area contributed by atoms with Gasteiger partial charge in [0.15, 0.2) is 6.10 Å². The third-order valence-electron chi connectivity index (χ3n) is 2.39. The molecule has 0 radical (unpaired) electrons. The molecule has 0 fully saturated rings. The highest BCUT2D eigenvalue weighted by Gasteiger charge is 2.38. The molecule has 0 aromatic carbocycles. The average Bonchev–Trinajstić information content (AvgIpc) is 2.23. The lowest BCUT2D eigenvalue weighted by atomic mass is 10.2. The molecule has 0 heterocycles. The highest BCUT2D eigenvalue weighted by Crippen LogP contribution is 2.19. The van der Waals surface area contributed by atoms with Gasteiger partial charge in [-0.15, -0.1) is 0 Å². The second-order valence-electron chi connectivity index (χ2n) is 4.01. The van der Waals surface area contributed by atoms with Gasteiger partial charge in [0.25, 0.3) is 0 Å². The van der Waals surface area contributed by atoms with E-state index in [2.05, 4.69) is 10.6 Å². The fraction of sp³-hybridized carbons (Fsp3) is 0.900. The van der Waals surface area contributed by atoms with Crippen LogP contribution in [-0.4, -0.2) is 41.9 Å². The Morgan fingerprint density at radius 3 is 2.29 bits per heavy atom. The number of hydrogen-bond donors (Lipinski definition) is 3. The van der Waals surface area contributed by atoms with Crippen LogP contribution in [-0.2, 0) is 4.79 Å². The molecule has 0 aromatic rings. The van der Waals surface area contributed by atoms with Gasteiger partial charge in [0.1, 0.15) is 0 Å². The number of rotatable bonds is 6. The predicted molar refractivity (Wildman–Crippen MR) is 57.4 cm³/mol. The van der Waals surface area contributed by atoms with Crippen LogP contribution in [0.25, 0.3) is 0 Å². The first kappa shape index (κ1) is 16.2. The molecule has 4 nitrogen and oxygen atoms in total. The summed E-state index contributed by atoms with van der Waals surface area (Å²) < 4.78 is 35.9. The van der Waals surface area contributed by atoms with Crippen molar-refractivity contribution in [1.29, 1.82) is 0 Å². The maximum Gasteiger partial charge on any atom is 0.415 e. The van der Waals surface area contributed by atoms with Crippen molar-refractivity contribution in [3.8, 4) is 0 Å². The Labute approximate surface area is 98.6 Å². The van der Waals surface area contributed by atoms with E-state index in [-0.39, 0.29) is 11.9 Å². The van der Waals surface area contributed by atoms with Gasteiger partial charge in [0.2, 0.25) is 5.91 Å². The zero-order valence-corrected chi connectivity index (χ0v) is 10.1. The third-order valence-corrected chi connectivity index (χ3v) is 2.39. The van der Waals surface area contributed by atoms with E-state index in [0.717, 1.165) is 6.42 Å². The van der Waals surface area contributed by atoms with Crippen molar-refractivity contribution in [2.24, 2.45) is 0 Å². The van der Waals surface area contributed by atoms with Crippen LogP contribution in [0.1, 0.15) is 27.2 Å². The molecule has 0 spiro atoms. The maximum atomic E-state index is 12.0. The molecular formula is C10H19F3N2O2. The minimum Gasteiger partial charge on any atom is -0.382 e. The van der Waals surface area contributed by atoms with Gasteiger partial charge >= 0.3 is 6.18 Å². The topological polar surface area (TPSA) is 61.4 Å². The Morgan fingerprint density at radius 1 is 1.35 bits per heavy atom. The number of halogens is 3. The molecule has 0 aromatic heterocycles. The van der Waals surface area contributed by atoms with Crippen LogP contribution in [0, 0.1) is 0 Å². The molecule has 0 rings (SSSR count). The average molecular weight is 256 g/mol. The molecule has 7 heteroatoms. The molecule has 0 aliphatic rings. The van der Waals surface area contributed by atoms with E-state index in [0.29, 0.717) is 0 Å². The van der Waals surface area contributed by atoms with Gasteiger partial charge in [0, 0.05) is 12.6 Å². The molecule has 3 N–H and O–H groups in total. The molecule has 102 valence electrons. The number of aliphatic hydroxyl groups is 1. The summed E-state index contributed by atoms with van der Waals surface area (Å²) in [5.74, 6) is -0.381. The van der Waals surface area contributed by atoms with Crippen LogP contribution in [0.3, 0.4) is 0 Å². The third kappa shape index (κ3) is 6.48. The smallest absolute Gasteiger partial charge is 0.382 e. The molecule has 1 amide bonds. The van der Waals surface area contributed by atoms with E-state index in [9.17, 15) is 18.0 Å². The molecule has 3 unspecified atom stereocenters. The maximum absolute atomic E-state index is 12.0. The van der Waals surface area contributed by atoms with E-state index in [4.69, 9.17) is 5.11 Å². The van der Waals surface area contributed by atoms with Crippen LogP contribution >= 0.6 is 0 Å². The van der Waals surface area contributed by atoms with Gasteiger partial charge < -0.3 is 15.7 Å². The number of carbonyl (C=O) groups is 1. The molecule has 17 heavy (non-hydrogen) atoms. The number of hydrogen-bond acceptors (Lipinski definition) is 3. The Kier molecular flexibility index (Phi) is 6.48. The summed E-state index contributed by atoms with van der Waals surface area (Å²) in [4.78, 5) is 11.4. The lowest BCUT2D eigenvalue weighted by Gasteiger charge is -2.20. The summed E-state index contributed by atoms with van der Waals surface area (Å²) in [6, 6.07) is -0.805. The first-order chi connectivity index (χ1) is 7.68. The van der Waals surface area contributed by atoms with Crippen LogP contribution in [0.4, 0.5) is 13.2 Å². The van der Waals surface area contributed by atoms with Crippen molar-refractivity contribution in [3.63, 3.8) is 0 Å². The Bertz CT molecular complexity index is 246. The van der Waals surface area contributed by atoms with E-state index in [1.165, 1.54) is 6.92 Å². The molecule has 0 saturated carbocycles. The summed E-state index contributed by atoms with van der Waals surface area (Å²) in [6.45, 7) is 4.44. The minimum atomic E-state index is -4.67. The summed E-state index contributed by atoms with van der Waals surface area (Å²) in [5, 5.41) is 13.7. The number of aliphatic hydroxyl groups excluding tert-OH is 1. The number of nitrogens with one attached hydrogen (secondary N) is 2. The number of amides is 1. The van der Waals surface area contributed by atoms with E-state index >= 15 is 0 Å². The molecule has 0 bridgehead atoms. The van der Waals surface area contributed by atoms with Crippen LogP contribution in [0.5, 0.6) is 0 Å². The SMILES string of the molecule is CCC(C)NC(=O)C(C)NCC(O)C(F)(F)F. The number of alkyl halides is 3. The van der Waals surface area contributed by atoms with E-state index < -0.39 is 24.9 Å². The molecular weight excluding hydrogens is 237 g/mol. The van der Waals surface area contributed by atoms with Gasteiger partial charge in [-0.2, -0.15) is 13.2 Å². The monoisotopic (exact) mass is 256 g/mol. The zero-order valence-electron chi connectivity index (χ0n) is 10.1. The summed E-state index contributed by atoms with van der Waals surface area (Å²) in [5.41, 5.74) is 0. The van der Waals surface area contributed by atoms with Gasteiger partial charge in [-0.25, -0.2) is 0 Å². The Morgan fingerprint density at radius 2 is 1.88 bits per heavy atom. The quantitative estimate of drug-likeness (QED) is 0.659. The molecule has 0 aliphatic carbocycles. The van der Waals surface area contributed by atoms with Crippen LogP contribution in [0.15, 0.2) is 0 Å². The Hall–Kier alpha value is -0.820. The summed E-state index contributed by atoms with van der Waals surface area (Å²) in [6.07, 6.45) is -6.38. The highest BCUT2D eigenvalue weighted by molar-refractivity contribution is 5.81. The van der Waals surface area contributed by atoms with Crippen molar-refractivity contribution in [1.82, 2.24) is 10.6 Å². The summed E-state index contributed by atoms with van der Waals surface area (Å²) in [7, 11) is 0. The lowest BCUT2D eigenvalue weighted by molar-refractivity contribution is -0.202. The van der Waals surface area contributed by atoms with Gasteiger partial charge in [-0.05, 0) is 20.3 Å². The minimum absolute atomic E-state index is 0.0284. The van der Waals surface area contributed by atoms with Gasteiger partial charge in [-0.3, -0.25) is 4.79 Å². The first-order valence-electron chi connectivity index (χ1n) is 5.47. The summed E-state index contributed by atoms with van der Waals surface area (Å²) >= 11 is 0. The first-order valence-corrected chi connectivity index (χ1v) is 5.47. The Balaban J connectivity index is 4.01. The van der Waals surface area contributed by atoms with Crippen molar-refractivity contribution in [2.75, 3.05) is 6.54 Å². The van der Waals surface area contributed by atoms with Crippen molar-refractivity contribution in [3.05, 3.63) is 0 Å². The van der Waals surface area contributed by atoms with Gasteiger partial charge in [0.05, 0.1) is 6.04 Å². The van der Waals surface area contributed by atoms with Crippen LogP contribution in [0.2, 0.25) is 0 Å². The standard InChI is InChI=1S/C10H19F3N2O2/c1-4-6(2)15-9(17)7(3)14-5-8(16)10(11,12)13/h6-8,14,16H,4-5H2,1-3H3,(H,15,17). The molecule has 3 atom stereocenters. The van der Waals surface area contributed by atoms with Crippen LogP contribution < -0.4 is 10.6 Å². The number of carbonyl (C=O) groups excluding carboxylic acids is 1. The largest absolute Gasteiger partial charge is 0.415 e. The van der Waals surface area contributed by atoms with Gasteiger partial charge in [-0.1, -0.05) is 6.92 Å². The molecule has 0 aliphatic heterocycles. The lowest BCUT2D eigenvalue weighted by Crippen LogP contribution is -2.49. The fourth-order valence-corrected chi connectivity index (χ4v) is 0.967. The zero-order chi connectivity index (χ0) is 13.6. The van der Waals surface area contributed by atoms with E-state index in [1.807, 2.05) is 6.92 Å². The van der Waals surface area contributed by atoms with Crippen molar-refractivity contribution < 1.29 is 23.1 Å². The van der Waals surface area contributed by atoms with Crippen molar-refractivity contribution in [2.45, 2.75) is 51.6 Å². The fourth-order valence-electron chi connectivity index (χ4n) is 0.967.